The van der Waals surface area contributed by atoms with Crippen molar-refractivity contribution < 1.29 is 18.7 Å². The molecule has 0 fully saturated rings. The first-order valence-corrected chi connectivity index (χ1v) is 9.53. The Hall–Kier alpha value is -3.32. The van der Waals surface area contributed by atoms with Crippen LogP contribution in [-0.2, 0) is 4.79 Å². The first kappa shape index (κ1) is 20.4. The van der Waals surface area contributed by atoms with Crippen LogP contribution in [0.5, 0.6) is 5.75 Å². The maximum atomic E-state index is 12.5. The summed E-state index contributed by atoms with van der Waals surface area (Å²) in [6.45, 7) is 1.90. The molecule has 0 atom stereocenters. The number of amides is 2. The van der Waals surface area contributed by atoms with Gasteiger partial charge in [-0.25, -0.2) is 0 Å². The van der Waals surface area contributed by atoms with Crippen LogP contribution in [0.15, 0.2) is 69.8 Å². The van der Waals surface area contributed by atoms with E-state index < -0.39 is 5.91 Å². The Bertz CT molecular complexity index is 1060. The van der Waals surface area contributed by atoms with Crippen LogP contribution in [-0.4, -0.2) is 18.9 Å². The molecule has 2 N–H and O–H groups in total. The Balaban J connectivity index is 1.77. The average molecular weight is 455 g/mol. The van der Waals surface area contributed by atoms with Gasteiger partial charge in [0, 0.05) is 16.1 Å². The van der Waals surface area contributed by atoms with Crippen LogP contribution in [0.25, 0.3) is 6.08 Å². The topological polar surface area (TPSA) is 80.6 Å². The molecule has 0 spiro atoms. The minimum Gasteiger partial charge on any atom is -0.496 e. The van der Waals surface area contributed by atoms with Gasteiger partial charge >= 0.3 is 0 Å². The molecule has 0 aliphatic carbocycles. The summed E-state index contributed by atoms with van der Waals surface area (Å²) in [5.74, 6) is 0.0959. The van der Waals surface area contributed by atoms with Crippen LogP contribution < -0.4 is 15.4 Å². The van der Waals surface area contributed by atoms with Gasteiger partial charge in [0.25, 0.3) is 5.91 Å². The van der Waals surface area contributed by atoms with Gasteiger partial charge in [-0.3, -0.25) is 9.59 Å². The largest absolute Gasteiger partial charge is 0.496 e. The highest BCUT2D eigenvalue weighted by Gasteiger charge is 2.13. The van der Waals surface area contributed by atoms with Gasteiger partial charge in [0.05, 0.1) is 24.7 Å². The average Bonchev–Trinajstić information content (AvgIpc) is 3.23. The molecular formula is C22H19BrN2O4. The lowest BCUT2D eigenvalue weighted by Gasteiger charge is -2.12. The lowest BCUT2D eigenvalue weighted by atomic mass is 10.1. The zero-order chi connectivity index (χ0) is 20.8. The molecule has 2 aromatic carbocycles. The lowest BCUT2D eigenvalue weighted by Crippen LogP contribution is -2.15. The van der Waals surface area contributed by atoms with Crippen LogP contribution in [0, 0.1) is 6.92 Å². The molecule has 7 heteroatoms. The number of hydrogen-bond acceptors (Lipinski definition) is 4. The first-order valence-electron chi connectivity index (χ1n) is 8.74. The second kappa shape index (κ2) is 9.25. The van der Waals surface area contributed by atoms with Crippen molar-refractivity contribution in [3.05, 3.63) is 82.2 Å². The number of halogens is 1. The molecule has 0 unspecified atom stereocenters. The summed E-state index contributed by atoms with van der Waals surface area (Å²) in [4.78, 5) is 24.7. The molecule has 0 saturated carbocycles. The lowest BCUT2D eigenvalue weighted by molar-refractivity contribution is -0.111. The molecular weight excluding hydrogens is 436 g/mol. The number of anilines is 2. The summed E-state index contributed by atoms with van der Waals surface area (Å²) in [6, 6.07) is 14.1. The van der Waals surface area contributed by atoms with Crippen molar-refractivity contribution in [2.75, 3.05) is 17.7 Å². The van der Waals surface area contributed by atoms with Crippen molar-refractivity contribution in [2.24, 2.45) is 0 Å². The molecule has 0 bridgehead atoms. The highest BCUT2D eigenvalue weighted by Crippen LogP contribution is 2.26. The third kappa shape index (κ3) is 5.36. The van der Waals surface area contributed by atoms with E-state index in [1.165, 1.54) is 12.3 Å². The predicted molar refractivity (Wildman–Crippen MR) is 116 cm³/mol. The number of rotatable bonds is 6. The first-order chi connectivity index (χ1) is 14.0. The van der Waals surface area contributed by atoms with E-state index in [9.17, 15) is 9.59 Å². The van der Waals surface area contributed by atoms with Crippen LogP contribution in [0.3, 0.4) is 0 Å². The minimum absolute atomic E-state index is 0.185. The molecule has 29 heavy (non-hydrogen) atoms. The summed E-state index contributed by atoms with van der Waals surface area (Å²) >= 11 is 3.41. The quantitative estimate of drug-likeness (QED) is 0.497. The van der Waals surface area contributed by atoms with Crippen molar-refractivity contribution in [2.45, 2.75) is 6.92 Å². The number of ether oxygens (including phenoxy) is 1. The van der Waals surface area contributed by atoms with Gasteiger partial charge < -0.3 is 19.8 Å². The standard InChI is InChI=1S/C22H19BrN2O4/c1-14-5-8-17(25-22(27)20-4-3-11-29-20)18(12-14)24-21(26)10-6-15-13-16(23)7-9-19(15)28-2/h3-13H,1-2H3,(H,24,26)(H,25,27). The van der Waals surface area contributed by atoms with Gasteiger partial charge in [0.1, 0.15) is 5.75 Å². The van der Waals surface area contributed by atoms with Gasteiger partial charge in [-0.2, -0.15) is 0 Å². The second-order valence-corrected chi connectivity index (χ2v) is 7.10. The smallest absolute Gasteiger partial charge is 0.291 e. The number of benzene rings is 2. The van der Waals surface area contributed by atoms with Crippen LogP contribution in [0.4, 0.5) is 11.4 Å². The van der Waals surface area contributed by atoms with E-state index in [4.69, 9.17) is 9.15 Å². The third-order valence-electron chi connectivity index (χ3n) is 4.03. The Labute approximate surface area is 176 Å². The van der Waals surface area contributed by atoms with Crippen LogP contribution >= 0.6 is 15.9 Å². The van der Waals surface area contributed by atoms with Gasteiger partial charge in [-0.1, -0.05) is 22.0 Å². The molecule has 2 amide bonds. The van der Waals surface area contributed by atoms with Gasteiger partial charge in [0.2, 0.25) is 5.91 Å². The van der Waals surface area contributed by atoms with E-state index in [0.717, 1.165) is 15.6 Å². The number of hydrogen-bond donors (Lipinski definition) is 2. The van der Waals surface area contributed by atoms with Crippen molar-refractivity contribution >= 4 is 45.2 Å². The Morgan fingerprint density at radius 2 is 1.90 bits per heavy atom. The number of furan rings is 1. The van der Waals surface area contributed by atoms with E-state index in [-0.39, 0.29) is 11.7 Å². The van der Waals surface area contributed by atoms with E-state index in [0.29, 0.717) is 17.1 Å². The molecule has 3 aromatic rings. The van der Waals surface area contributed by atoms with Crippen LogP contribution in [0.2, 0.25) is 0 Å². The summed E-state index contributed by atoms with van der Waals surface area (Å²) in [5, 5.41) is 5.55. The summed E-state index contributed by atoms with van der Waals surface area (Å²) in [6.07, 6.45) is 4.49. The van der Waals surface area contributed by atoms with E-state index in [1.54, 1.807) is 37.5 Å². The van der Waals surface area contributed by atoms with Crippen molar-refractivity contribution in [3.8, 4) is 5.75 Å². The third-order valence-corrected chi connectivity index (χ3v) is 4.53. The number of methoxy groups -OCH3 is 1. The fourth-order valence-electron chi connectivity index (χ4n) is 2.64. The monoisotopic (exact) mass is 454 g/mol. The van der Waals surface area contributed by atoms with E-state index in [2.05, 4.69) is 26.6 Å². The molecule has 0 saturated heterocycles. The molecule has 148 valence electrons. The number of nitrogens with one attached hydrogen (secondary N) is 2. The highest BCUT2D eigenvalue weighted by atomic mass is 79.9. The SMILES string of the molecule is COc1ccc(Br)cc1C=CC(=O)Nc1cc(C)ccc1NC(=O)c1ccco1. The highest BCUT2D eigenvalue weighted by molar-refractivity contribution is 9.10. The number of carbonyl (C=O) groups is 2. The molecule has 1 aromatic heterocycles. The number of aryl methyl sites for hydroxylation is 1. The van der Waals surface area contributed by atoms with Crippen molar-refractivity contribution in [1.82, 2.24) is 0 Å². The molecule has 3 rings (SSSR count). The fourth-order valence-corrected chi connectivity index (χ4v) is 3.02. The maximum Gasteiger partial charge on any atom is 0.291 e. The summed E-state index contributed by atoms with van der Waals surface area (Å²) < 4.78 is 11.3. The predicted octanol–water partition coefficient (Wildman–Crippen LogP) is 5.26. The van der Waals surface area contributed by atoms with Gasteiger partial charge in [-0.15, -0.1) is 0 Å². The second-order valence-electron chi connectivity index (χ2n) is 6.19. The molecule has 0 aliphatic heterocycles. The molecule has 6 nitrogen and oxygen atoms in total. The normalized spacial score (nSPS) is 10.7. The summed E-state index contributed by atoms with van der Waals surface area (Å²) in [7, 11) is 1.57. The van der Waals surface area contributed by atoms with Crippen molar-refractivity contribution in [1.29, 1.82) is 0 Å². The summed E-state index contributed by atoms with van der Waals surface area (Å²) in [5.41, 5.74) is 2.65. The molecule has 0 radical (unpaired) electrons. The molecule has 1 heterocycles. The Morgan fingerprint density at radius 1 is 1.07 bits per heavy atom. The zero-order valence-corrected chi connectivity index (χ0v) is 17.4. The van der Waals surface area contributed by atoms with Gasteiger partial charge in [0.15, 0.2) is 5.76 Å². The number of carbonyl (C=O) groups excluding carboxylic acids is 2. The Morgan fingerprint density at radius 3 is 2.62 bits per heavy atom. The van der Waals surface area contributed by atoms with Crippen molar-refractivity contribution in [3.63, 3.8) is 0 Å². The fraction of sp³-hybridized carbons (Fsp3) is 0.0909. The molecule has 0 aliphatic rings. The van der Waals surface area contributed by atoms with Crippen LogP contribution in [0.1, 0.15) is 21.7 Å². The van der Waals surface area contributed by atoms with Gasteiger partial charge in [-0.05, 0) is 61.0 Å². The Kier molecular flexibility index (Phi) is 6.51. The minimum atomic E-state index is -0.399. The maximum absolute atomic E-state index is 12.5. The van der Waals surface area contributed by atoms with E-state index >= 15 is 0 Å². The zero-order valence-electron chi connectivity index (χ0n) is 15.9. The van der Waals surface area contributed by atoms with E-state index in [1.807, 2.05) is 31.2 Å².